The number of rotatable bonds is 13. The van der Waals surface area contributed by atoms with Crippen LogP contribution >= 0.6 is 0 Å². The second kappa shape index (κ2) is 12.3. The Morgan fingerprint density at radius 3 is 2.95 bits per heavy atom. The number of unbranched alkanes of at least 4 members (excludes halogenated alkanes) is 1. The number of anilines is 1. The molecule has 2 fully saturated rings. The van der Waals surface area contributed by atoms with Gasteiger partial charge < -0.3 is 19.9 Å². The Morgan fingerprint density at radius 1 is 1.22 bits per heavy atom. The molecule has 0 radical (unpaired) electrons. The summed E-state index contributed by atoms with van der Waals surface area (Å²) >= 11 is 0. The normalized spacial score (nSPS) is 20.4. The fourth-order valence-electron chi connectivity index (χ4n) is 5.35. The standard InChI is InChI=1S/C29H38FN3O4/c30-23-10-8-22(19-36-18-20-6-7-20)26(16-23)27(29(34)35)33-14-12-25(17-33)37-15-2-1-5-24-11-9-21-4-3-13-31-28(21)32-24/h8-11,16,20,25,27H,1-7,12-15,17-19H2,(H,31,32)(H,34,35)/t25-,27-/m1/s1. The van der Waals surface area contributed by atoms with Crippen molar-refractivity contribution in [2.24, 2.45) is 5.92 Å². The number of benzene rings is 1. The summed E-state index contributed by atoms with van der Waals surface area (Å²) in [5.74, 6) is 0.252. The lowest BCUT2D eigenvalue weighted by Crippen LogP contribution is -2.34. The molecule has 0 unspecified atom stereocenters. The molecule has 37 heavy (non-hydrogen) atoms. The van der Waals surface area contributed by atoms with Gasteiger partial charge in [-0.3, -0.25) is 9.69 Å². The highest BCUT2D eigenvalue weighted by atomic mass is 19.1. The molecule has 200 valence electrons. The minimum Gasteiger partial charge on any atom is -0.480 e. The molecule has 0 bridgehead atoms. The lowest BCUT2D eigenvalue weighted by molar-refractivity contribution is -0.143. The monoisotopic (exact) mass is 511 g/mol. The molecule has 0 spiro atoms. The Hall–Kier alpha value is -2.55. The van der Waals surface area contributed by atoms with Crippen molar-refractivity contribution >= 4 is 11.8 Å². The summed E-state index contributed by atoms with van der Waals surface area (Å²) in [6.07, 6.45) is 8.22. The molecule has 5 rings (SSSR count). The summed E-state index contributed by atoms with van der Waals surface area (Å²) in [5.41, 5.74) is 3.64. The average Bonchev–Trinajstić information content (AvgIpc) is 3.61. The number of aromatic nitrogens is 1. The van der Waals surface area contributed by atoms with Crippen LogP contribution in [-0.4, -0.2) is 59.9 Å². The van der Waals surface area contributed by atoms with Gasteiger partial charge in [0.15, 0.2) is 0 Å². The highest BCUT2D eigenvalue weighted by Gasteiger charge is 2.35. The topological polar surface area (TPSA) is 83.9 Å². The number of ether oxygens (including phenoxy) is 2. The highest BCUT2D eigenvalue weighted by molar-refractivity contribution is 5.76. The van der Waals surface area contributed by atoms with E-state index in [0.717, 1.165) is 62.1 Å². The van der Waals surface area contributed by atoms with Crippen molar-refractivity contribution in [1.82, 2.24) is 9.88 Å². The van der Waals surface area contributed by atoms with Gasteiger partial charge in [-0.05, 0) is 92.2 Å². The van der Waals surface area contributed by atoms with Crippen molar-refractivity contribution in [3.8, 4) is 0 Å². The molecule has 2 atom stereocenters. The van der Waals surface area contributed by atoms with Crippen LogP contribution in [-0.2, 0) is 33.7 Å². The minimum absolute atomic E-state index is 0.0176. The molecule has 0 amide bonds. The first-order chi connectivity index (χ1) is 18.1. The first-order valence-electron chi connectivity index (χ1n) is 13.7. The molecule has 2 N–H and O–H groups in total. The van der Waals surface area contributed by atoms with Crippen molar-refractivity contribution in [3.63, 3.8) is 0 Å². The van der Waals surface area contributed by atoms with E-state index in [2.05, 4.69) is 17.4 Å². The molecule has 3 heterocycles. The lowest BCUT2D eigenvalue weighted by atomic mass is 9.99. The maximum absolute atomic E-state index is 14.2. The predicted octanol–water partition coefficient (Wildman–Crippen LogP) is 4.74. The number of nitrogens with one attached hydrogen (secondary N) is 1. The Labute approximate surface area is 218 Å². The van der Waals surface area contributed by atoms with Crippen LogP contribution in [0.2, 0.25) is 0 Å². The molecular formula is C29H38FN3O4. The maximum atomic E-state index is 14.2. The van der Waals surface area contributed by atoms with Gasteiger partial charge in [0.1, 0.15) is 17.7 Å². The van der Waals surface area contributed by atoms with E-state index in [1.54, 1.807) is 6.07 Å². The molecular weight excluding hydrogens is 473 g/mol. The maximum Gasteiger partial charge on any atom is 0.325 e. The Morgan fingerprint density at radius 2 is 2.11 bits per heavy atom. The number of hydrogen-bond donors (Lipinski definition) is 2. The molecule has 8 heteroatoms. The third-order valence-electron chi connectivity index (χ3n) is 7.62. The van der Waals surface area contributed by atoms with Crippen molar-refractivity contribution < 1.29 is 23.8 Å². The smallest absolute Gasteiger partial charge is 0.325 e. The number of aryl methyl sites for hydroxylation is 2. The second-order valence-electron chi connectivity index (χ2n) is 10.6. The van der Waals surface area contributed by atoms with E-state index >= 15 is 0 Å². The van der Waals surface area contributed by atoms with Crippen molar-refractivity contribution in [1.29, 1.82) is 0 Å². The quantitative estimate of drug-likeness (QED) is 0.376. The number of halogens is 1. The lowest BCUT2D eigenvalue weighted by Gasteiger charge is -2.26. The molecule has 1 saturated carbocycles. The Bertz CT molecular complexity index is 1080. The Kier molecular flexibility index (Phi) is 8.69. The number of hydrogen-bond acceptors (Lipinski definition) is 6. The van der Waals surface area contributed by atoms with Crippen LogP contribution in [0, 0.1) is 11.7 Å². The summed E-state index contributed by atoms with van der Waals surface area (Å²) < 4.78 is 26.1. The van der Waals surface area contributed by atoms with Crippen LogP contribution in [0.1, 0.15) is 67.0 Å². The van der Waals surface area contributed by atoms with Gasteiger partial charge in [-0.15, -0.1) is 0 Å². The molecule has 1 saturated heterocycles. The molecule has 1 aromatic heterocycles. The SMILES string of the molecule is O=C(O)[C@@H](c1cc(F)ccc1COCC1CC1)N1CC[C@@H](OCCCCc2ccc3c(n2)NCCC3)C1. The zero-order valence-electron chi connectivity index (χ0n) is 21.5. The van der Waals surface area contributed by atoms with Gasteiger partial charge in [-0.25, -0.2) is 9.37 Å². The summed E-state index contributed by atoms with van der Waals surface area (Å²) in [7, 11) is 0. The summed E-state index contributed by atoms with van der Waals surface area (Å²) in [5, 5.41) is 13.5. The van der Waals surface area contributed by atoms with Crippen LogP contribution < -0.4 is 5.32 Å². The van der Waals surface area contributed by atoms with Gasteiger partial charge in [0.2, 0.25) is 0 Å². The van der Waals surface area contributed by atoms with E-state index in [9.17, 15) is 14.3 Å². The summed E-state index contributed by atoms with van der Waals surface area (Å²) in [6, 6.07) is 7.80. The second-order valence-corrected chi connectivity index (χ2v) is 10.6. The third-order valence-corrected chi connectivity index (χ3v) is 7.62. The molecule has 2 aliphatic heterocycles. The zero-order chi connectivity index (χ0) is 25.6. The highest BCUT2D eigenvalue weighted by Crippen LogP contribution is 2.32. The van der Waals surface area contributed by atoms with Crippen LogP contribution in [0.15, 0.2) is 30.3 Å². The number of carboxylic acid groups (broad SMARTS) is 1. The van der Waals surface area contributed by atoms with E-state index < -0.39 is 17.8 Å². The summed E-state index contributed by atoms with van der Waals surface area (Å²) in [6.45, 7) is 3.74. The fraction of sp³-hybridized carbons (Fsp3) is 0.586. The predicted molar refractivity (Wildman–Crippen MR) is 139 cm³/mol. The fourth-order valence-corrected chi connectivity index (χ4v) is 5.35. The van der Waals surface area contributed by atoms with Crippen molar-refractivity contribution in [2.45, 2.75) is 70.1 Å². The number of aliphatic carboxylic acids is 1. The number of carboxylic acids is 1. The summed E-state index contributed by atoms with van der Waals surface area (Å²) in [4.78, 5) is 19.0. The van der Waals surface area contributed by atoms with E-state index in [0.29, 0.717) is 44.4 Å². The van der Waals surface area contributed by atoms with E-state index in [4.69, 9.17) is 14.5 Å². The number of likely N-dealkylation sites (tertiary alicyclic amines) is 1. The van der Waals surface area contributed by atoms with Crippen molar-refractivity contribution in [3.05, 3.63) is 58.5 Å². The van der Waals surface area contributed by atoms with Gasteiger partial charge in [0.25, 0.3) is 0 Å². The number of nitrogens with zero attached hydrogens (tertiary/aromatic N) is 2. The van der Waals surface area contributed by atoms with Gasteiger partial charge in [-0.2, -0.15) is 0 Å². The first kappa shape index (κ1) is 26.1. The largest absolute Gasteiger partial charge is 0.480 e. The van der Waals surface area contributed by atoms with E-state index in [1.165, 1.54) is 30.5 Å². The molecule has 7 nitrogen and oxygen atoms in total. The number of pyridine rings is 1. The third kappa shape index (κ3) is 7.06. The zero-order valence-corrected chi connectivity index (χ0v) is 21.5. The van der Waals surface area contributed by atoms with E-state index in [-0.39, 0.29) is 6.10 Å². The number of carbonyl (C=O) groups is 1. The first-order valence-corrected chi connectivity index (χ1v) is 13.7. The Balaban J connectivity index is 1.10. The molecule has 2 aromatic rings. The van der Waals surface area contributed by atoms with Gasteiger partial charge in [0, 0.05) is 38.5 Å². The minimum atomic E-state index is -0.971. The van der Waals surface area contributed by atoms with Crippen LogP contribution in [0.3, 0.4) is 0 Å². The van der Waals surface area contributed by atoms with Gasteiger partial charge >= 0.3 is 5.97 Å². The number of fused-ring (bicyclic) bond motifs is 1. The van der Waals surface area contributed by atoms with Crippen LogP contribution in [0.4, 0.5) is 10.2 Å². The average molecular weight is 512 g/mol. The van der Waals surface area contributed by atoms with Crippen LogP contribution in [0.25, 0.3) is 0 Å². The van der Waals surface area contributed by atoms with Gasteiger partial charge in [0.05, 0.1) is 12.7 Å². The molecule has 3 aliphatic rings. The molecule has 1 aliphatic carbocycles. The van der Waals surface area contributed by atoms with Crippen molar-refractivity contribution in [2.75, 3.05) is 38.2 Å². The van der Waals surface area contributed by atoms with E-state index in [1.807, 2.05) is 4.90 Å². The van der Waals surface area contributed by atoms with Gasteiger partial charge in [-0.1, -0.05) is 12.1 Å². The van der Waals surface area contributed by atoms with Crippen LogP contribution in [0.5, 0.6) is 0 Å². The molecule has 1 aromatic carbocycles.